The Morgan fingerprint density at radius 2 is 1.50 bits per heavy atom. The maximum atomic E-state index is 12.6. The molecule has 2 nitrogen and oxygen atoms in total. The first-order valence-corrected chi connectivity index (χ1v) is 8.96. The minimum absolute atomic E-state index is 0.453. The molecule has 0 spiro atoms. The number of carbonyl (C=O) groups excluding carboxylic acids is 1. The molecule has 5 fully saturated rings. The Kier molecular flexibility index (Phi) is 3.31. The second kappa shape index (κ2) is 5.03. The predicted octanol–water partition coefficient (Wildman–Crippen LogP) is 3.85. The number of hydrogen-bond acceptors (Lipinski definition) is 1. The Morgan fingerprint density at radius 1 is 0.950 bits per heavy atom. The molecule has 20 heavy (non-hydrogen) atoms. The summed E-state index contributed by atoms with van der Waals surface area (Å²) >= 11 is 0. The zero-order valence-electron chi connectivity index (χ0n) is 12.9. The van der Waals surface area contributed by atoms with Crippen LogP contribution in [0.5, 0.6) is 0 Å². The third kappa shape index (κ3) is 2.19. The summed E-state index contributed by atoms with van der Waals surface area (Å²) in [5, 5.41) is 0. The Balaban J connectivity index is 1.42. The van der Waals surface area contributed by atoms with E-state index in [1.54, 1.807) is 0 Å². The first-order valence-electron chi connectivity index (χ1n) is 8.96. The van der Waals surface area contributed by atoms with Crippen molar-refractivity contribution in [2.24, 2.45) is 29.6 Å². The van der Waals surface area contributed by atoms with Gasteiger partial charge in [-0.3, -0.25) is 4.79 Å². The molecule has 112 valence electrons. The van der Waals surface area contributed by atoms with Gasteiger partial charge in [-0.05, 0) is 74.5 Å². The molecule has 5 saturated carbocycles. The van der Waals surface area contributed by atoms with Crippen LogP contribution in [0.25, 0.3) is 0 Å². The maximum Gasteiger partial charge on any atom is 0.222 e. The molecule has 0 unspecified atom stereocenters. The van der Waals surface area contributed by atoms with Gasteiger partial charge >= 0.3 is 0 Å². The Bertz CT molecular complexity index is 357. The zero-order valence-corrected chi connectivity index (χ0v) is 12.9. The normalized spacial score (nSPS) is 43.1. The molecule has 5 aliphatic carbocycles. The van der Waals surface area contributed by atoms with Crippen molar-refractivity contribution in [3.05, 3.63) is 0 Å². The fourth-order valence-electron chi connectivity index (χ4n) is 6.30. The second-order valence-electron chi connectivity index (χ2n) is 8.28. The van der Waals surface area contributed by atoms with Gasteiger partial charge in [0.2, 0.25) is 5.91 Å². The van der Waals surface area contributed by atoms with Gasteiger partial charge in [0.25, 0.3) is 0 Å². The summed E-state index contributed by atoms with van der Waals surface area (Å²) in [6.45, 7) is 0. The van der Waals surface area contributed by atoms with Crippen molar-refractivity contribution >= 4 is 5.91 Å². The molecular weight excluding hydrogens is 246 g/mol. The van der Waals surface area contributed by atoms with Crippen LogP contribution in [0.4, 0.5) is 0 Å². The highest BCUT2D eigenvalue weighted by Crippen LogP contribution is 2.55. The molecule has 4 bridgehead atoms. The molecule has 1 amide bonds. The van der Waals surface area contributed by atoms with Crippen LogP contribution in [-0.2, 0) is 4.79 Å². The lowest BCUT2D eigenvalue weighted by atomic mass is 9.54. The van der Waals surface area contributed by atoms with E-state index in [0.29, 0.717) is 17.9 Å². The quantitative estimate of drug-likeness (QED) is 0.766. The highest BCUT2D eigenvalue weighted by Gasteiger charge is 2.50. The summed E-state index contributed by atoms with van der Waals surface area (Å²) in [5.41, 5.74) is 0. The average Bonchev–Trinajstić information content (AvgIpc) is 2.90. The Morgan fingerprint density at radius 3 is 2.05 bits per heavy atom. The molecule has 2 heteroatoms. The van der Waals surface area contributed by atoms with Crippen LogP contribution >= 0.6 is 0 Å². The largest absolute Gasteiger partial charge is 0.342 e. The molecule has 0 aromatic heterocycles. The molecule has 5 aliphatic rings. The van der Waals surface area contributed by atoms with Gasteiger partial charge in [0.1, 0.15) is 0 Å². The van der Waals surface area contributed by atoms with E-state index in [4.69, 9.17) is 0 Å². The number of carbonyl (C=O) groups is 1. The minimum atomic E-state index is 0.453. The molecule has 0 aromatic rings. The van der Waals surface area contributed by atoms with E-state index in [1.165, 1.54) is 57.8 Å². The Hall–Kier alpha value is -0.530. The molecule has 0 aliphatic heterocycles. The van der Waals surface area contributed by atoms with Gasteiger partial charge in [-0.25, -0.2) is 0 Å². The van der Waals surface area contributed by atoms with Crippen LogP contribution in [0.2, 0.25) is 0 Å². The third-order valence-corrected chi connectivity index (χ3v) is 6.96. The summed E-state index contributed by atoms with van der Waals surface area (Å²) in [6, 6.07) is 0.594. The van der Waals surface area contributed by atoms with Crippen molar-refractivity contribution < 1.29 is 4.79 Å². The van der Waals surface area contributed by atoms with Crippen LogP contribution in [-0.4, -0.2) is 23.9 Å². The standard InChI is InChI=1S/C18H29NO/c1-19(17(20)11-12-4-2-3-5-12)18-15-7-13-6-14(9-15)10-16(18)8-13/h12-16,18H,2-11H2,1H3. The SMILES string of the molecule is CN(C(=O)CC1CCCC1)C1C2CC3CC(C2)CC1C3. The van der Waals surface area contributed by atoms with Crippen molar-refractivity contribution in [1.29, 1.82) is 0 Å². The monoisotopic (exact) mass is 275 g/mol. The summed E-state index contributed by atoms with van der Waals surface area (Å²) in [5.74, 6) is 4.84. The van der Waals surface area contributed by atoms with E-state index in [2.05, 4.69) is 11.9 Å². The van der Waals surface area contributed by atoms with Gasteiger partial charge in [0.15, 0.2) is 0 Å². The van der Waals surface area contributed by atoms with Crippen LogP contribution < -0.4 is 0 Å². The lowest BCUT2D eigenvalue weighted by Crippen LogP contribution is -2.56. The maximum absolute atomic E-state index is 12.6. The smallest absolute Gasteiger partial charge is 0.222 e. The van der Waals surface area contributed by atoms with Crippen LogP contribution in [0.3, 0.4) is 0 Å². The van der Waals surface area contributed by atoms with Gasteiger partial charge in [0.05, 0.1) is 0 Å². The fourth-order valence-corrected chi connectivity index (χ4v) is 6.30. The molecular formula is C18H29NO. The third-order valence-electron chi connectivity index (χ3n) is 6.96. The summed E-state index contributed by atoms with van der Waals surface area (Å²) in [4.78, 5) is 14.8. The summed E-state index contributed by atoms with van der Waals surface area (Å²) in [6.07, 6.45) is 13.3. The number of rotatable bonds is 3. The van der Waals surface area contributed by atoms with E-state index in [0.717, 1.165) is 30.1 Å². The van der Waals surface area contributed by atoms with E-state index in [9.17, 15) is 4.79 Å². The van der Waals surface area contributed by atoms with E-state index < -0.39 is 0 Å². The van der Waals surface area contributed by atoms with E-state index in [1.807, 2.05) is 0 Å². The second-order valence-corrected chi connectivity index (χ2v) is 8.28. The summed E-state index contributed by atoms with van der Waals surface area (Å²) in [7, 11) is 2.12. The Labute approximate surface area is 123 Å². The topological polar surface area (TPSA) is 20.3 Å². The molecule has 0 aromatic carbocycles. The molecule has 0 atom stereocenters. The molecule has 0 saturated heterocycles. The molecule has 0 radical (unpaired) electrons. The molecule has 5 rings (SSSR count). The highest BCUT2D eigenvalue weighted by atomic mass is 16.2. The fraction of sp³-hybridized carbons (Fsp3) is 0.944. The van der Waals surface area contributed by atoms with Gasteiger partial charge in [-0.15, -0.1) is 0 Å². The van der Waals surface area contributed by atoms with Crippen molar-refractivity contribution in [3.8, 4) is 0 Å². The van der Waals surface area contributed by atoms with Crippen LogP contribution in [0, 0.1) is 29.6 Å². The van der Waals surface area contributed by atoms with Gasteiger partial charge < -0.3 is 4.90 Å². The number of hydrogen-bond donors (Lipinski definition) is 0. The molecule has 0 N–H and O–H groups in total. The lowest BCUT2D eigenvalue weighted by Gasteiger charge is -2.56. The first-order chi connectivity index (χ1) is 9.70. The lowest BCUT2D eigenvalue weighted by molar-refractivity contribution is -0.142. The van der Waals surface area contributed by atoms with Crippen LogP contribution in [0.1, 0.15) is 64.2 Å². The first kappa shape index (κ1) is 13.2. The van der Waals surface area contributed by atoms with Gasteiger partial charge in [0, 0.05) is 19.5 Å². The number of nitrogens with zero attached hydrogens (tertiary/aromatic N) is 1. The highest BCUT2D eigenvalue weighted by molar-refractivity contribution is 5.76. The van der Waals surface area contributed by atoms with Crippen molar-refractivity contribution in [2.45, 2.75) is 70.3 Å². The van der Waals surface area contributed by atoms with Gasteiger partial charge in [-0.1, -0.05) is 12.8 Å². The van der Waals surface area contributed by atoms with Crippen molar-refractivity contribution in [2.75, 3.05) is 7.05 Å². The molecule has 0 heterocycles. The zero-order chi connectivity index (χ0) is 13.7. The van der Waals surface area contributed by atoms with Gasteiger partial charge in [-0.2, -0.15) is 0 Å². The van der Waals surface area contributed by atoms with Crippen molar-refractivity contribution in [1.82, 2.24) is 4.90 Å². The predicted molar refractivity (Wildman–Crippen MR) is 80.2 cm³/mol. The van der Waals surface area contributed by atoms with Crippen molar-refractivity contribution in [3.63, 3.8) is 0 Å². The van der Waals surface area contributed by atoms with Crippen LogP contribution in [0.15, 0.2) is 0 Å². The van der Waals surface area contributed by atoms with E-state index >= 15 is 0 Å². The summed E-state index contributed by atoms with van der Waals surface area (Å²) < 4.78 is 0. The minimum Gasteiger partial charge on any atom is -0.342 e. The number of amides is 1. The van der Waals surface area contributed by atoms with E-state index in [-0.39, 0.29) is 0 Å². The average molecular weight is 275 g/mol.